The van der Waals surface area contributed by atoms with Crippen molar-refractivity contribution in [1.29, 1.82) is 0 Å². The van der Waals surface area contributed by atoms with Crippen LogP contribution in [0.3, 0.4) is 0 Å². The van der Waals surface area contributed by atoms with Crippen LogP contribution in [0.4, 0.5) is 23.2 Å². The van der Waals surface area contributed by atoms with Crippen LogP contribution in [0.15, 0.2) is 60.7 Å². The number of rotatable bonds is 2. The number of fused-ring (bicyclic) bond motifs is 1. The van der Waals surface area contributed by atoms with Crippen molar-refractivity contribution in [2.75, 3.05) is 4.90 Å². The van der Waals surface area contributed by atoms with Crippen molar-refractivity contribution in [2.45, 2.75) is 38.1 Å². The van der Waals surface area contributed by atoms with Gasteiger partial charge < -0.3 is 4.90 Å². The van der Waals surface area contributed by atoms with Gasteiger partial charge in [-0.2, -0.15) is 0 Å². The fourth-order valence-corrected chi connectivity index (χ4v) is 4.80. The molecule has 0 aromatic heterocycles. The minimum absolute atomic E-state index is 0.416. The van der Waals surface area contributed by atoms with Gasteiger partial charge in [-0.05, 0) is 43.5 Å². The van der Waals surface area contributed by atoms with Crippen LogP contribution < -0.4 is 4.90 Å². The zero-order valence-corrected chi connectivity index (χ0v) is 17.3. The predicted molar refractivity (Wildman–Crippen MR) is 111 cm³/mol. The van der Waals surface area contributed by atoms with Crippen molar-refractivity contribution < 1.29 is 22.4 Å². The summed E-state index contributed by atoms with van der Waals surface area (Å²) in [5, 5.41) is 0. The summed E-state index contributed by atoms with van der Waals surface area (Å²) in [5.41, 5.74) is 0.243. The molecular weight excluding hydrogens is 406 g/mol. The van der Waals surface area contributed by atoms with Gasteiger partial charge in [0.25, 0.3) is 5.91 Å². The van der Waals surface area contributed by atoms with Gasteiger partial charge in [-0.1, -0.05) is 55.5 Å². The number of hydrogen-bond donors (Lipinski definition) is 0. The highest BCUT2D eigenvalue weighted by Gasteiger charge is 2.48. The Morgan fingerprint density at radius 2 is 1.45 bits per heavy atom. The second kappa shape index (κ2) is 7.22. The summed E-state index contributed by atoms with van der Waals surface area (Å²) in [4.78, 5) is 14.7. The van der Waals surface area contributed by atoms with Gasteiger partial charge >= 0.3 is 0 Å². The Hall–Kier alpha value is -3.15. The third kappa shape index (κ3) is 3.21. The first-order chi connectivity index (χ1) is 14.6. The molecule has 3 aromatic carbocycles. The summed E-state index contributed by atoms with van der Waals surface area (Å²) < 4.78 is 55.6. The molecule has 0 saturated heterocycles. The summed E-state index contributed by atoms with van der Waals surface area (Å²) in [6.45, 7) is 5.70. The zero-order valence-electron chi connectivity index (χ0n) is 17.3. The number of amides is 1. The summed E-state index contributed by atoms with van der Waals surface area (Å²) in [5.74, 6) is -8.18. The van der Waals surface area contributed by atoms with Gasteiger partial charge in [0.05, 0.1) is 5.56 Å². The van der Waals surface area contributed by atoms with Gasteiger partial charge in [0.2, 0.25) is 0 Å². The average Bonchev–Trinajstić information content (AvgIpc) is 2.74. The van der Waals surface area contributed by atoms with Crippen molar-refractivity contribution in [3.63, 3.8) is 0 Å². The first-order valence-electron chi connectivity index (χ1n) is 9.90. The quantitative estimate of drug-likeness (QED) is 0.264. The molecule has 3 aromatic rings. The molecule has 1 amide bonds. The summed E-state index contributed by atoms with van der Waals surface area (Å²) in [6.07, 6.45) is 0.473. The summed E-state index contributed by atoms with van der Waals surface area (Å²) in [7, 11) is 0. The molecule has 0 spiro atoms. The molecule has 0 N–H and O–H groups in total. The van der Waals surface area contributed by atoms with Crippen LogP contribution in [-0.2, 0) is 5.41 Å². The van der Waals surface area contributed by atoms with Crippen molar-refractivity contribution >= 4 is 11.6 Å². The molecule has 0 saturated carbocycles. The van der Waals surface area contributed by atoms with Gasteiger partial charge in [-0.3, -0.25) is 4.79 Å². The fourth-order valence-electron chi connectivity index (χ4n) is 4.80. The number of para-hydroxylation sites is 1. The Bertz CT molecular complexity index is 1180. The monoisotopic (exact) mass is 427 g/mol. The molecule has 1 heterocycles. The molecular formula is C25H21F4NO. The maximum Gasteiger partial charge on any atom is 0.261 e. The van der Waals surface area contributed by atoms with Gasteiger partial charge in [0.1, 0.15) is 0 Å². The normalized spacial score (nSPS) is 19.8. The zero-order chi connectivity index (χ0) is 22.6. The van der Waals surface area contributed by atoms with Crippen molar-refractivity contribution in [2.24, 2.45) is 0 Å². The van der Waals surface area contributed by atoms with E-state index in [9.17, 15) is 22.4 Å². The lowest BCUT2D eigenvalue weighted by molar-refractivity contribution is 0.0942. The van der Waals surface area contributed by atoms with Crippen molar-refractivity contribution in [3.05, 3.63) is 101 Å². The van der Waals surface area contributed by atoms with E-state index >= 15 is 0 Å². The minimum Gasteiger partial charge on any atom is -0.302 e. The van der Waals surface area contributed by atoms with Crippen LogP contribution in [0.2, 0.25) is 0 Å². The van der Waals surface area contributed by atoms with E-state index in [0.29, 0.717) is 18.2 Å². The molecule has 0 aliphatic carbocycles. The molecule has 1 atom stereocenters. The van der Waals surface area contributed by atoms with E-state index in [1.807, 2.05) is 56.3 Å². The molecule has 160 valence electrons. The van der Waals surface area contributed by atoms with E-state index in [-0.39, 0.29) is 0 Å². The summed E-state index contributed by atoms with van der Waals surface area (Å²) in [6, 6.07) is 17.4. The Kier molecular flexibility index (Phi) is 4.91. The van der Waals surface area contributed by atoms with Gasteiger partial charge in [0, 0.05) is 16.6 Å². The Morgan fingerprint density at radius 3 is 2.13 bits per heavy atom. The van der Waals surface area contributed by atoms with E-state index in [4.69, 9.17) is 0 Å². The average molecular weight is 427 g/mol. The number of benzene rings is 3. The maximum atomic E-state index is 14.5. The van der Waals surface area contributed by atoms with Crippen LogP contribution in [0.1, 0.15) is 48.7 Å². The van der Waals surface area contributed by atoms with E-state index in [2.05, 4.69) is 6.92 Å². The van der Waals surface area contributed by atoms with Crippen LogP contribution in [0, 0.1) is 23.3 Å². The largest absolute Gasteiger partial charge is 0.302 e. The highest BCUT2D eigenvalue weighted by molar-refractivity contribution is 6.08. The Labute approximate surface area is 178 Å². The molecule has 4 rings (SSSR count). The minimum atomic E-state index is -2.00. The molecule has 1 aliphatic rings. The number of anilines is 1. The highest BCUT2D eigenvalue weighted by Crippen LogP contribution is 2.50. The van der Waals surface area contributed by atoms with Crippen LogP contribution >= 0.6 is 0 Å². The molecule has 31 heavy (non-hydrogen) atoms. The number of hydrogen-bond acceptors (Lipinski definition) is 1. The molecule has 0 bridgehead atoms. The molecule has 0 radical (unpaired) electrons. The van der Waals surface area contributed by atoms with Gasteiger partial charge in [-0.25, -0.2) is 17.6 Å². The van der Waals surface area contributed by atoms with Crippen LogP contribution in [0.25, 0.3) is 0 Å². The van der Waals surface area contributed by atoms with E-state index in [1.54, 1.807) is 12.1 Å². The molecule has 0 fully saturated rings. The van der Waals surface area contributed by atoms with Gasteiger partial charge in [0.15, 0.2) is 23.3 Å². The number of nitrogens with zero attached hydrogens (tertiary/aromatic N) is 1. The van der Waals surface area contributed by atoms with Crippen molar-refractivity contribution in [1.82, 2.24) is 0 Å². The molecule has 0 unspecified atom stereocenters. The van der Waals surface area contributed by atoms with Crippen LogP contribution in [-0.4, -0.2) is 11.4 Å². The second-order valence-corrected chi connectivity index (χ2v) is 8.69. The van der Waals surface area contributed by atoms with Crippen LogP contribution in [0.5, 0.6) is 0 Å². The first kappa shape index (κ1) is 21.1. The third-order valence-electron chi connectivity index (χ3n) is 6.08. The second-order valence-electron chi connectivity index (χ2n) is 8.69. The number of halogens is 4. The lowest BCUT2D eigenvalue weighted by Gasteiger charge is -2.51. The first-order valence-corrected chi connectivity index (χ1v) is 9.90. The standard InChI is InChI=1S/C25H21F4NO/c1-24(2)14-25(3,15-9-5-4-6-10-15)17-11-7-8-12-19(17)30(24)23(31)16-13-18(26)21(28)22(29)20(16)27/h4-13H,14H2,1-3H3/t25-/m0/s1. The Morgan fingerprint density at radius 1 is 0.839 bits per heavy atom. The fraction of sp³-hybridized carbons (Fsp3) is 0.240. The lowest BCUT2D eigenvalue weighted by atomic mass is 9.65. The highest BCUT2D eigenvalue weighted by atomic mass is 19.2. The SMILES string of the molecule is CC1(C)C[C@@](C)(c2ccccc2)c2ccccc2N1C(=O)c1cc(F)c(F)c(F)c1F. The maximum absolute atomic E-state index is 14.5. The van der Waals surface area contributed by atoms with Crippen molar-refractivity contribution in [3.8, 4) is 0 Å². The molecule has 2 nitrogen and oxygen atoms in total. The van der Waals surface area contributed by atoms with E-state index in [0.717, 1.165) is 11.1 Å². The Balaban J connectivity index is 1.92. The third-order valence-corrected chi connectivity index (χ3v) is 6.08. The smallest absolute Gasteiger partial charge is 0.261 e. The van der Waals surface area contributed by atoms with E-state index < -0.39 is 45.7 Å². The number of carbonyl (C=O) groups is 1. The van der Waals surface area contributed by atoms with Gasteiger partial charge in [-0.15, -0.1) is 0 Å². The predicted octanol–water partition coefficient (Wildman–Crippen LogP) is 6.38. The molecule has 1 aliphatic heterocycles. The summed E-state index contributed by atoms with van der Waals surface area (Å²) >= 11 is 0. The van der Waals surface area contributed by atoms with E-state index in [1.165, 1.54) is 4.90 Å². The molecule has 6 heteroatoms. The topological polar surface area (TPSA) is 20.3 Å². The number of carbonyl (C=O) groups excluding carboxylic acids is 1. The lowest BCUT2D eigenvalue weighted by Crippen LogP contribution is -2.56.